The molecular weight excluding hydrogens is 352 g/mol. The van der Waals surface area contributed by atoms with Gasteiger partial charge < -0.3 is 15.3 Å². The maximum Gasteiger partial charge on any atom is 0.303 e. The quantitative estimate of drug-likeness (QED) is 0.659. The molecule has 0 aromatic heterocycles. The average molecular weight is 393 g/mol. The van der Waals surface area contributed by atoms with Crippen LogP contribution < -0.4 is 0 Å². The van der Waals surface area contributed by atoms with Crippen molar-refractivity contribution in [1.29, 1.82) is 0 Å². The van der Waals surface area contributed by atoms with Gasteiger partial charge in [0.05, 0.1) is 12.2 Å². The summed E-state index contributed by atoms with van der Waals surface area (Å²) in [6, 6.07) is 0. The molecule has 0 aliphatic heterocycles. The summed E-state index contributed by atoms with van der Waals surface area (Å²) < 4.78 is 0. The third kappa shape index (κ3) is 2.96. The Labute approximate surface area is 170 Å². The Morgan fingerprint density at radius 1 is 1.07 bits per heavy atom. The lowest BCUT2D eigenvalue weighted by atomic mass is 9.43. The molecule has 0 aromatic rings. The van der Waals surface area contributed by atoms with E-state index in [1.165, 1.54) is 25.7 Å². The Morgan fingerprint density at radius 2 is 1.82 bits per heavy atom. The summed E-state index contributed by atoms with van der Waals surface area (Å²) in [4.78, 5) is 11.1. The molecule has 4 heteroatoms. The predicted molar refractivity (Wildman–Crippen MR) is 109 cm³/mol. The smallest absolute Gasteiger partial charge is 0.303 e. The van der Waals surface area contributed by atoms with Gasteiger partial charge >= 0.3 is 5.97 Å². The fourth-order valence-corrected chi connectivity index (χ4v) is 8.74. The Kier molecular flexibility index (Phi) is 5.36. The van der Waals surface area contributed by atoms with E-state index in [1.54, 1.807) is 0 Å². The highest BCUT2D eigenvalue weighted by atomic mass is 16.4. The van der Waals surface area contributed by atoms with E-state index in [-0.39, 0.29) is 29.5 Å². The summed E-state index contributed by atoms with van der Waals surface area (Å²) in [6.07, 6.45) is 9.32. The number of aliphatic carboxylic acids is 1. The van der Waals surface area contributed by atoms with Crippen molar-refractivity contribution in [1.82, 2.24) is 0 Å². The second-order valence-electron chi connectivity index (χ2n) is 11.3. The number of hydrogen-bond acceptors (Lipinski definition) is 3. The highest BCUT2D eigenvalue weighted by Gasteiger charge is 2.65. The molecule has 4 nitrogen and oxygen atoms in total. The Morgan fingerprint density at radius 3 is 2.54 bits per heavy atom. The largest absolute Gasteiger partial charge is 0.481 e. The average Bonchev–Trinajstić information content (AvgIpc) is 3.00. The third-order valence-corrected chi connectivity index (χ3v) is 10.3. The van der Waals surface area contributed by atoms with Crippen molar-refractivity contribution in [3.63, 3.8) is 0 Å². The fourth-order valence-electron chi connectivity index (χ4n) is 8.74. The molecule has 5 unspecified atom stereocenters. The first kappa shape index (κ1) is 20.7. The van der Waals surface area contributed by atoms with Crippen LogP contribution >= 0.6 is 0 Å². The zero-order valence-electron chi connectivity index (χ0n) is 17.9. The highest BCUT2D eigenvalue weighted by molar-refractivity contribution is 5.66. The van der Waals surface area contributed by atoms with E-state index in [1.807, 2.05) is 0 Å². The van der Waals surface area contributed by atoms with E-state index in [2.05, 4.69) is 20.8 Å². The van der Waals surface area contributed by atoms with Crippen LogP contribution in [0.1, 0.15) is 85.0 Å². The first-order valence-electron chi connectivity index (χ1n) is 11.8. The molecule has 0 bridgehead atoms. The molecule has 0 radical (unpaired) electrons. The summed E-state index contributed by atoms with van der Waals surface area (Å²) >= 11 is 0. The molecule has 4 aliphatic carbocycles. The number of fused-ring (bicyclic) bond motifs is 5. The van der Waals surface area contributed by atoms with Crippen LogP contribution in [0.3, 0.4) is 0 Å². The Hall–Kier alpha value is -0.610. The van der Waals surface area contributed by atoms with Crippen molar-refractivity contribution >= 4 is 5.97 Å². The number of carboxylic acids is 1. The van der Waals surface area contributed by atoms with Crippen LogP contribution in [0.4, 0.5) is 0 Å². The minimum Gasteiger partial charge on any atom is -0.481 e. The van der Waals surface area contributed by atoms with Crippen molar-refractivity contribution in [2.75, 3.05) is 0 Å². The van der Waals surface area contributed by atoms with Crippen molar-refractivity contribution in [3.8, 4) is 0 Å². The predicted octanol–water partition coefficient (Wildman–Crippen LogP) is 4.48. The number of aliphatic hydroxyl groups is 2. The van der Waals surface area contributed by atoms with Crippen LogP contribution in [0.25, 0.3) is 0 Å². The van der Waals surface area contributed by atoms with Crippen LogP contribution in [0.15, 0.2) is 0 Å². The Bertz CT molecular complexity index is 605. The lowest BCUT2D eigenvalue weighted by Gasteiger charge is -2.63. The molecule has 10 atom stereocenters. The summed E-state index contributed by atoms with van der Waals surface area (Å²) in [6.45, 7) is 6.89. The molecule has 0 spiro atoms. The molecule has 4 rings (SSSR count). The summed E-state index contributed by atoms with van der Waals surface area (Å²) in [7, 11) is 0. The molecule has 3 N–H and O–H groups in total. The molecule has 160 valence electrons. The first-order chi connectivity index (χ1) is 13.2. The van der Waals surface area contributed by atoms with Crippen LogP contribution in [0.5, 0.6) is 0 Å². The van der Waals surface area contributed by atoms with Gasteiger partial charge in [-0.3, -0.25) is 4.79 Å². The van der Waals surface area contributed by atoms with Gasteiger partial charge in [-0.1, -0.05) is 33.6 Å². The molecule has 0 aromatic carbocycles. The minimum absolute atomic E-state index is 0.183. The van der Waals surface area contributed by atoms with Crippen LogP contribution in [-0.4, -0.2) is 33.5 Å². The molecule has 0 saturated heterocycles. The van der Waals surface area contributed by atoms with Crippen molar-refractivity contribution in [2.45, 2.75) is 97.2 Å². The standard InChI is InChI=1S/C24H40O4/c1-14(7-10-21(27)28)16-8-9-17-22-18(13-20(26)24(16,17)3)23(2)11-5-4-6-15(23)12-19(22)25/h14-20,22,25-26H,4-13H2,1-3H3,(H,27,28)/t14-,15?,16-,17?,18?,19-,20+,22?,23+,24?/m1/s1. The van der Waals surface area contributed by atoms with Gasteiger partial charge in [0.25, 0.3) is 0 Å². The molecule has 0 amide bonds. The normalized spacial score (nSPS) is 51.7. The van der Waals surface area contributed by atoms with Crippen molar-refractivity contribution in [2.24, 2.45) is 46.3 Å². The molecule has 0 heterocycles. The number of aliphatic hydroxyl groups excluding tert-OH is 2. The van der Waals surface area contributed by atoms with Gasteiger partial charge in [-0.15, -0.1) is 0 Å². The van der Waals surface area contributed by atoms with Gasteiger partial charge in [0.15, 0.2) is 0 Å². The molecule has 4 saturated carbocycles. The second-order valence-corrected chi connectivity index (χ2v) is 11.3. The SMILES string of the molecule is C[C@H](CCC(=O)O)[C@H]1CCC2C3C(C[C@H](O)C21C)[C@@]1(C)CCCCC1C[C@H]3O. The second kappa shape index (κ2) is 7.27. The van der Waals surface area contributed by atoms with Crippen molar-refractivity contribution in [3.05, 3.63) is 0 Å². The molecule has 4 fully saturated rings. The molecule has 4 aliphatic rings. The van der Waals surface area contributed by atoms with E-state index >= 15 is 0 Å². The van der Waals surface area contributed by atoms with E-state index in [0.29, 0.717) is 41.9 Å². The number of hydrogen-bond donors (Lipinski definition) is 3. The van der Waals surface area contributed by atoms with Crippen molar-refractivity contribution < 1.29 is 20.1 Å². The van der Waals surface area contributed by atoms with Gasteiger partial charge in [0, 0.05) is 6.42 Å². The number of carboxylic acid groups (broad SMARTS) is 1. The van der Waals surface area contributed by atoms with Gasteiger partial charge in [0.2, 0.25) is 0 Å². The molecular formula is C24H40O4. The van der Waals surface area contributed by atoms with Crippen LogP contribution in [-0.2, 0) is 4.79 Å². The Balaban J connectivity index is 1.61. The lowest BCUT2D eigenvalue weighted by molar-refractivity contribution is -0.201. The van der Waals surface area contributed by atoms with E-state index in [4.69, 9.17) is 5.11 Å². The number of rotatable bonds is 4. The highest BCUT2D eigenvalue weighted by Crippen LogP contribution is 2.68. The van der Waals surface area contributed by atoms with E-state index in [0.717, 1.165) is 25.7 Å². The third-order valence-electron chi connectivity index (χ3n) is 10.3. The maximum absolute atomic E-state index is 11.5. The summed E-state index contributed by atoms with van der Waals surface area (Å²) in [5.74, 6) is 1.66. The van der Waals surface area contributed by atoms with Gasteiger partial charge in [-0.05, 0) is 91.3 Å². The summed E-state index contributed by atoms with van der Waals surface area (Å²) in [5, 5.41) is 31.8. The van der Waals surface area contributed by atoms with Crippen LogP contribution in [0, 0.1) is 46.3 Å². The van der Waals surface area contributed by atoms with E-state index in [9.17, 15) is 15.0 Å². The van der Waals surface area contributed by atoms with E-state index < -0.39 is 5.97 Å². The van der Waals surface area contributed by atoms with Gasteiger partial charge in [-0.2, -0.15) is 0 Å². The summed E-state index contributed by atoms with van der Waals surface area (Å²) in [5.41, 5.74) is 0.0927. The number of carbonyl (C=O) groups is 1. The molecule has 28 heavy (non-hydrogen) atoms. The van der Waals surface area contributed by atoms with Crippen LogP contribution in [0.2, 0.25) is 0 Å². The van der Waals surface area contributed by atoms with Gasteiger partial charge in [0.1, 0.15) is 0 Å². The maximum atomic E-state index is 11.5. The fraction of sp³-hybridized carbons (Fsp3) is 0.958. The minimum atomic E-state index is -0.727. The zero-order chi connectivity index (χ0) is 20.3. The first-order valence-corrected chi connectivity index (χ1v) is 11.8. The lowest BCUT2D eigenvalue weighted by Crippen LogP contribution is -2.61. The topological polar surface area (TPSA) is 77.8 Å². The monoisotopic (exact) mass is 392 g/mol. The zero-order valence-corrected chi connectivity index (χ0v) is 17.9. The van der Waals surface area contributed by atoms with Gasteiger partial charge in [-0.25, -0.2) is 0 Å².